The smallest absolute Gasteiger partial charge is 0.356 e. The van der Waals surface area contributed by atoms with Crippen molar-refractivity contribution < 1.29 is 14.7 Å². The molecule has 0 aliphatic rings. The maximum atomic E-state index is 12.1. The number of carbonyl (C=O) groups is 2. The van der Waals surface area contributed by atoms with Crippen molar-refractivity contribution in [2.75, 3.05) is 12.4 Å². The molecule has 2 N–H and O–H groups in total. The van der Waals surface area contributed by atoms with Crippen molar-refractivity contribution in [1.29, 1.82) is 0 Å². The van der Waals surface area contributed by atoms with Crippen LogP contribution < -0.4 is 5.32 Å². The molecule has 1 aromatic rings. The Hall–Kier alpha value is -2.11. The largest absolute Gasteiger partial charge is 0.476 e. The minimum Gasteiger partial charge on any atom is -0.476 e. The highest BCUT2D eigenvalue weighted by atomic mass is 16.4. The topological polar surface area (TPSA) is 82.5 Å². The van der Waals surface area contributed by atoms with Gasteiger partial charge >= 0.3 is 12.0 Å². The van der Waals surface area contributed by atoms with Gasteiger partial charge in [-0.3, -0.25) is 0 Å². The molecule has 0 radical (unpaired) electrons. The van der Waals surface area contributed by atoms with Crippen LogP contribution in [0.3, 0.4) is 0 Å². The first-order valence-electron chi connectivity index (χ1n) is 6.02. The average Bonchev–Trinajstić information content (AvgIpc) is 2.38. The Labute approximate surface area is 112 Å². The van der Waals surface area contributed by atoms with Gasteiger partial charge in [-0.2, -0.15) is 0 Å². The summed E-state index contributed by atoms with van der Waals surface area (Å²) in [4.78, 5) is 28.4. The quantitative estimate of drug-likeness (QED) is 0.875. The Morgan fingerprint density at radius 1 is 1.47 bits per heavy atom. The van der Waals surface area contributed by atoms with E-state index < -0.39 is 5.97 Å². The zero-order chi connectivity index (χ0) is 14.6. The summed E-state index contributed by atoms with van der Waals surface area (Å²) in [5, 5.41) is 11.6. The second-order valence-electron chi connectivity index (χ2n) is 4.86. The van der Waals surface area contributed by atoms with Crippen molar-refractivity contribution in [3.05, 3.63) is 24.0 Å². The van der Waals surface area contributed by atoms with E-state index >= 15 is 0 Å². The predicted octanol–water partition coefficient (Wildman–Crippen LogP) is 2.43. The summed E-state index contributed by atoms with van der Waals surface area (Å²) in [6.45, 7) is 5.86. The van der Waals surface area contributed by atoms with E-state index in [1.54, 1.807) is 18.0 Å². The lowest BCUT2D eigenvalue weighted by Crippen LogP contribution is -2.46. The third-order valence-corrected chi connectivity index (χ3v) is 3.33. The maximum Gasteiger partial charge on any atom is 0.356 e. The first-order chi connectivity index (χ1) is 8.79. The van der Waals surface area contributed by atoms with Crippen molar-refractivity contribution in [3.63, 3.8) is 0 Å². The molecule has 1 heterocycles. The molecule has 6 heteroatoms. The van der Waals surface area contributed by atoms with Crippen LogP contribution in [-0.4, -0.2) is 39.6 Å². The number of amides is 2. The molecule has 0 atom stereocenters. The van der Waals surface area contributed by atoms with E-state index in [1.807, 2.05) is 20.8 Å². The van der Waals surface area contributed by atoms with Crippen molar-refractivity contribution in [3.8, 4) is 0 Å². The highest BCUT2D eigenvalue weighted by molar-refractivity contribution is 5.98. The molecule has 19 heavy (non-hydrogen) atoms. The molecular formula is C13H19N3O3. The molecule has 1 rings (SSSR count). The summed E-state index contributed by atoms with van der Waals surface area (Å²) >= 11 is 0. The number of anilines is 1. The highest BCUT2D eigenvalue weighted by Gasteiger charge is 2.26. The summed E-state index contributed by atoms with van der Waals surface area (Å²) in [6, 6.07) is 2.73. The van der Waals surface area contributed by atoms with Crippen LogP contribution in [0.25, 0.3) is 0 Å². The van der Waals surface area contributed by atoms with E-state index in [-0.39, 0.29) is 23.0 Å². The Bertz CT molecular complexity index is 486. The van der Waals surface area contributed by atoms with Crippen molar-refractivity contribution >= 4 is 17.7 Å². The molecule has 0 aliphatic heterocycles. The predicted molar refractivity (Wildman–Crippen MR) is 72.3 cm³/mol. The Kier molecular flexibility index (Phi) is 4.47. The van der Waals surface area contributed by atoms with Gasteiger partial charge in [0.05, 0.1) is 5.69 Å². The van der Waals surface area contributed by atoms with Crippen molar-refractivity contribution in [1.82, 2.24) is 9.88 Å². The number of carboxylic acid groups (broad SMARTS) is 1. The molecule has 2 amide bonds. The standard InChI is InChI=1S/C13H19N3O3/c1-5-13(2,3)16(4)12(19)15-9-7-6-8-14-10(9)11(17)18/h6-8H,5H2,1-4H3,(H,15,19)(H,17,18). The average molecular weight is 265 g/mol. The number of hydrogen-bond acceptors (Lipinski definition) is 3. The van der Waals surface area contributed by atoms with Crippen LogP contribution in [0.2, 0.25) is 0 Å². The van der Waals surface area contributed by atoms with Gasteiger partial charge in [0.1, 0.15) is 0 Å². The van der Waals surface area contributed by atoms with Gasteiger partial charge in [0.25, 0.3) is 0 Å². The molecule has 0 aromatic carbocycles. The Morgan fingerprint density at radius 2 is 2.11 bits per heavy atom. The number of rotatable bonds is 4. The SMILES string of the molecule is CCC(C)(C)N(C)C(=O)Nc1cccnc1C(=O)O. The number of pyridine rings is 1. The van der Waals surface area contributed by atoms with Crippen molar-refractivity contribution in [2.45, 2.75) is 32.7 Å². The lowest BCUT2D eigenvalue weighted by molar-refractivity contribution is 0.0691. The second kappa shape index (κ2) is 5.69. The van der Waals surface area contributed by atoms with Crippen LogP contribution in [0.15, 0.2) is 18.3 Å². The minimum atomic E-state index is -1.17. The van der Waals surface area contributed by atoms with Crippen LogP contribution in [0.5, 0.6) is 0 Å². The van der Waals surface area contributed by atoms with E-state index in [9.17, 15) is 9.59 Å². The monoisotopic (exact) mass is 265 g/mol. The van der Waals surface area contributed by atoms with Crippen LogP contribution in [0.1, 0.15) is 37.7 Å². The van der Waals surface area contributed by atoms with Crippen LogP contribution in [0.4, 0.5) is 10.5 Å². The summed E-state index contributed by atoms with van der Waals surface area (Å²) < 4.78 is 0. The molecule has 6 nitrogen and oxygen atoms in total. The Balaban J connectivity index is 2.92. The summed E-state index contributed by atoms with van der Waals surface area (Å²) in [6.07, 6.45) is 2.16. The zero-order valence-electron chi connectivity index (χ0n) is 11.6. The molecule has 0 saturated carbocycles. The van der Waals surface area contributed by atoms with Gasteiger partial charge in [-0.15, -0.1) is 0 Å². The van der Waals surface area contributed by atoms with E-state index in [2.05, 4.69) is 10.3 Å². The zero-order valence-corrected chi connectivity index (χ0v) is 11.6. The number of aromatic carboxylic acids is 1. The summed E-state index contributed by atoms with van der Waals surface area (Å²) in [7, 11) is 1.68. The van der Waals surface area contributed by atoms with Gasteiger partial charge in [-0.05, 0) is 32.4 Å². The van der Waals surface area contributed by atoms with E-state index in [1.165, 1.54) is 12.3 Å². The van der Waals surface area contributed by atoms with Gasteiger partial charge in [0, 0.05) is 18.8 Å². The molecule has 0 fully saturated rings. The third-order valence-electron chi connectivity index (χ3n) is 3.33. The number of nitrogens with one attached hydrogen (secondary N) is 1. The van der Waals surface area contributed by atoms with Gasteiger partial charge in [0.2, 0.25) is 0 Å². The first kappa shape index (κ1) is 14.9. The van der Waals surface area contributed by atoms with Crippen LogP contribution >= 0.6 is 0 Å². The maximum absolute atomic E-state index is 12.1. The molecule has 1 aromatic heterocycles. The van der Waals surface area contributed by atoms with Crippen molar-refractivity contribution in [2.24, 2.45) is 0 Å². The number of nitrogens with zero attached hydrogens (tertiary/aromatic N) is 2. The first-order valence-corrected chi connectivity index (χ1v) is 6.02. The third kappa shape index (κ3) is 3.43. The number of urea groups is 1. The van der Waals surface area contributed by atoms with Gasteiger partial charge in [0.15, 0.2) is 5.69 Å². The van der Waals surface area contributed by atoms with Crippen LogP contribution in [-0.2, 0) is 0 Å². The highest BCUT2D eigenvalue weighted by Crippen LogP contribution is 2.19. The second-order valence-corrected chi connectivity index (χ2v) is 4.86. The van der Waals surface area contributed by atoms with E-state index in [0.717, 1.165) is 6.42 Å². The fraction of sp³-hybridized carbons (Fsp3) is 0.462. The summed E-state index contributed by atoms with van der Waals surface area (Å²) in [5.41, 5.74) is -0.285. The van der Waals surface area contributed by atoms with Gasteiger partial charge in [-0.1, -0.05) is 6.92 Å². The molecule has 0 aliphatic carbocycles. The fourth-order valence-corrected chi connectivity index (χ4v) is 1.39. The number of carboxylic acids is 1. The lowest BCUT2D eigenvalue weighted by Gasteiger charge is -2.34. The van der Waals surface area contributed by atoms with Gasteiger partial charge < -0.3 is 15.3 Å². The molecule has 0 saturated heterocycles. The minimum absolute atomic E-state index is 0.168. The normalized spacial score (nSPS) is 10.9. The fourth-order valence-electron chi connectivity index (χ4n) is 1.39. The van der Waals surface area contributed by atoms with E-state index in [4.69, 9.17) is 5.11 Å². The number of carbonyl (C=O) groups excluding carboxylic acids is 1. The van der Waals surface area contributed by atoms with E-state index in [0.29, 0.717) is 0 Å². The molecule has 0 spiro atoms. The lowest BCUT2D eigenvalue weighted by atomic mass is 10.0. The molecule has 0 bridgehead atoms. The van der Waals surface area contributed by atoms with Gasteiger partial charge in [-0.25, -0.2) is 14.6 Å². The van der Waals surface area contributed by atoms with Crippen LogP contribution in [0, 0.1) is 0 Å². The Morgan fingerprint density at radius 3 is 2.63 bits per heavy atom. The molecule has 0 unspecified atom stereocenters. The molecule has 104 valence electrons. The molecular weight excluding hydrogens is 246 g/mol. The number of aromatic nitrogens is 1. The number of hydrogen-bond donors (Lipinski definition) is 2. The summed E-state index contributed by atoms with van der Waals surface area (Å²) in [5.74, 6) is -1.17.